The van der Waals surface area contributed by atoms with Crippen LogP contribution in [0.3, 0.4) is 0 Å². The van der Waals surface area contributed by atoms with Crippen LogP contribution in [0, 0.1) is 0 Å². The molecular formula is C11H24N2O. The number of nitrogens with zero attached hydrogens (tertiary/aromatic N) is 1. The number of aliphatic hydroxyl groups is 1. The fourth-order valence-electron chi connectivity index (χ4n) is 1.97. The van der Waals surface area contributed by atoms with Crippen LogP contribution in [-0.4, -0.2) is 48.3 Å². The van der Waals surface area contributed by atoms with Gasteiger partial charge >= 0.3 is 0 Å². The molecular weight excluding hydrogens is 176 g/mol. The van der Waals surface area contributed by atoms with Crippen LogP contribution in [0.1, 0.15) is 33.1 Å². The Hall–Kier alpha value is -0.120. The summed E-state index contributed by atoms with van der Waals surface area (Å²) in [4.78, 5) is 2.52. The second-order valence-electron chi connectivity index (χ2n) is 4.52. The van der Waals surface area contributed by atoms with Gasteiger partial charge in [0.2, 0.25) is 0 Å². The first-order valence-corrected chi connectivity index (χ1v) is 5.82. The van der Waals surface area contributed by atoms with Crippen LogP contribution in [-0.2, 0) is 0 Å². The van der Waals surface area contributed by atoms with Gasteiger partial charge in [-0.3, -0.25) is 0 Å². The van der Waals surface area contributed by atoms with Gasteiger partial charge in [-0.05, 0) is 39.8 Å². The number of nitrogens with one attached hydrogen (secondary N) is 1. The third kappa shape index (κ3) is 4.94. The van der Waals surface area contributed by atoms with Crippen LogP contribution in [0.4, 0.5) is 0 Å². The molecule has 2 unspecified atom stereocenters. The largest absolute Gasteiger partial charge is 0.392 e. The van der Waals surface area contributed by atoms with Crippen molar-refractivity contribution in [1.29, 1.82) is 0 Å². The van der Waals surface area contributed by atoms with Crippen molar-refractivity contribution in [3.05, 3.63) is 0 Å². The van der Waals surface area contributed by atoms with Crippen molar-refractivity contribution in [2.75, 3.05) is 26.2 Å². The highest BCUT2D eigenvalue weighted by atomic mass is 16.3. The number of rotatable bonds is 5. The molecule has 1 fully saturated rings. The summed E-state index contributed by atoms with van der Waals surface area (Å²) in [6, 6.07) is 0.489. The van der Waals surface area contributed by atoms with E-state index in [0.29, 0.717) is 12.6 Å². The molecule has 0 aromatic rings. The molecule has 2 atom stereocenters. The summed E-state index contributed by atoms with van der Waals surface area (Å²) in [5, 5.41) is 12.5. The molecule has 0 bridgehead atoms. The highest BCUT2D eigenvalue weighted by molar-refractivity contribution is 4.71. The number of aliphatic hydroxyl groups excluding tert-OH is 1. The average molecular weight is 200 g/mol. The maximum absolute atomic E-state index is 9.13. The Morgan fingerprint density at radius 2 is 1.86 bits per heavy atom. The van der Waals surface area contributed by atoms with Crippen molar-refractivity contribution < 1.29 is 5.11 Å². The van der Waals surface area contributed by atoms with E-state index in [1.165, 1.54) is 32.4 Å². The van der Waals surface area contributed by atoms with Crippen LogP contribution < -0.4 is 5.32 Å². The Morgan fingerprint density at radius 3 is 2.43 bits per heavy atom. The predicted molar refractivity (Wildman–Crippen MR) is 59.4 cm³/mol. The fourth-order valence-corrected chi connectivity index (χ4v) is 1.97. The monoisotopic (exact) mass is 200 g/mol. The summed E-state index contributed by atoms with van der Waals surface area (Å²) < 4.78 is 0. The van der Waals surface area contributed by atoms with E-state index in [2.05, 4.69) is 17.1 Å². The van der Waals surface area contributed by atoms with E-state index < -0.39 is 0 Å². The molecule has 0 aromatic carbocycles. The SMILES string of the molecule is CC(O)CNC(C)CN1CCCCC1. The van der Waals surface area contributed by atoms with Gasteiger partial charge < -0.3 is 15.3 Å². The standard InChI is InChI=1S/C11H24N2O/c1-10(12-8-11(2)14)9-13-6-4-3-5-7-13/h10-12,14H,3-9H2,1-2H3. The lowest BCUT2D eigenvalue weighted by Gasteiger charge is -2.29. The quantitative estimate of drug-likeness (QED) is 0.690. The molecule has 1 heterocycles. The summed E-state index contributed by atoms with van der Waals surface area (Å²) >= 11 is 0. The van der Waals surface area contributed by atoms with Gasteiger partial charge in [0.15, 0.2) is 0 Å². The van der Waals surface area contributed by atoms with Crippen LogP contribution in [0.25, 0.3) is 0 Å². The molecule has 14 heavy (non-hydrogen) atoms. The minimum atomic E-state index is -0.237. The first-order valence-electron chi connectivity index (χ1n) is 5.82. The summed E-state index contributed by atoms with van der Waals surface area (Å²) in [6.45, 7) is 8.33. The Morgan fingerprint density at radius 1 is 1.21 bits per heavy atom. The first-order chi connectivity index (χ1) is 6.68. The molecule has 1 rings (SSSR count). The zero-order valence-electron chi connectivity index (χ0n) is 9.50. The maximum atomic E-state index is 9.13. The molecule has 0 amide bonds. The van der Waals surface area contributed by atoms with E-state index in [-0.39, 0.29) is 6.10 Å². The van der Waals surface area contributed by atoms with Gasteiger partial charge in [-0.15, -0.1) is 0 Å². The van der Waals surface area contributed by atoms with Crippen LogP contribution in [0.5, 0.6) is 0 Å². The van der Waals surface area contributed by atoms with E-state index in [1.807, 2.05) is 6.92 Å². The summed E-state index contributed by atoms with van der Waals surface area (Å²) in [7, 11) is 0. The molecule has 1 aliphatic rings. The Labute approximate surface area is 87.5 Å². The molecule has 0 saturated carbocycles. The molecule has 0 radical (unpaired) electrons. The van der Waals surface area contributed by atoms with Crippen LogP contribution in [0.2, 0.25) is 0 Å². The predicted octanol–water partition coefficient (Wildman–Crippen LogP) is 0.831. The van der Waals surface area contributed by atoms with Gasteiger partial charge in [-0.2, -0.15) is 0 Å². The van der Waals surface area contributed by atoms with Crippen molar-refractivity contribution in [2.24, 2.45) is 0 Å². The van der Waals surface area contributed by atoms with Crippen molar-refractivity contribution >= 4 is 0 Å². The third-order valence-corrected chi connectivity index (χ3v) is 2.74. The molecule has 0 aromatic heterocycles. The molecule has 2 N–H and O–H groups in total. The average Bonchev–Trinajstić information content (AvgIpc) is 2.16. The molecule has 3 nitrogen and oxygen atoms in total. The lowest BCUT2D eigenvalue weighted by atomic mass is 10.1. The fraction of sp³-hybridized carbons (Fsp3) is 1.00. The molecule has 1 aliphatic heterocycles. The smallest absolute Gasteiger partial charge is 0.0636 e. The van der Waals surface area contributed by atoms with E-state index in [4.69, 9.17) is 5.11 Å². The molecule has 84 valence electrons. The van der Waals surface area contributed by atoms with Gasteiger partial charge in [-0.25, -0.2) is 0 Å². The molecule has 3 heteroatoms. The number of likely N-dealkylation sites (tertiary alicyclic amines) is 1. The molecule has 1 saturated heterocycles. The Balaban J connectivity index is 2.09. The van der Waals surface area contributed by atoms with Crippen molar-refractivity contribution in [3.8, 4) is 0 Å². The van der Waals surface area contributed by atoms with Gasteiger partial charge in [-0.1, -0.05) is 6.42 Å². The van der Waals surface area contributed by atoms with Crippen molar-refractivity contribution in [2.45, 2.75) is 45.3 Å². The number of hydrogen-bond acceptors (Lipinski definition) is 3. The van der Waals surface area contributed by atoms with Crippen LogP contribution in [0.15, 0.2) is 0 Å². The summed E-state index contributed by atoms with van der Waals surface area (Å²) in [5.74, 6) is 0. The maximum Gasteiger partial charge on any atom is 0.0636 e. The van der Waals surface area contributed by atoms with Crippen LogP contribution >= 0.6 is 0 Å². The minimum Gasteiger partial charge on any atom is -0.392 e. The van der Waals surface area contributed by atoms with Crippen molar-refractivity contribution in [3.63, 3.8) is 0 Å². The van der Waals surface area contributed by atoms with E-state index >= 15 is 0 Å². The minimum absolute atomic E-state index is 0.237. The lowest BCUT2D eigenvalue weighted by molar-refractivity contribution is 0.171. The number of hydrogen-bond donors (Lipinski definition) is 2. The second-order valence-corrected chi connectivity index (χ2v) is 4.52. The summed E-state index contributed by atoms with van der Waals surface area (Å²) in [5.41, 5.74) is 0. The highest BCUT2D eigenvalue weighted by Crippen LogP contribution is 2.08. The molecule has 0 aliphatic carbocycles. The highest BCUT2D eigenvalue weighted by Gasteiger charge is 2.12. The topological polar surface area (TPSA) is 35.5 Å². The van der Waals surface area contributed by atoms with Gasteiger partial charge in [0.1, 0.15) is 0 Å². The second kappa shape index (κ2) is 6.38. The van der Waals surface area contributed by atoms with Crippen molar-refractivity contribution in [1.82, 2.24) is 10.2 Å². The van der Waals surface area contributed by atoms with E-state index in [9.17, 15) is 0 Å². The van der Waals surface area contributed by atoms with Gasteiger partial charge in [0, 0.05) is 19.1 Å². The third-order valence-electron chi connectivity index (χ3n) is 2.74. The molecule has 0 spiro atoms. The lowest BCUT2D eigenvalue weighted by Crippen LogP contribution is -2.43. The van der Waals surface area contributed by atoms with E-state index in [1.54, 1.807) is 0 Å². The zero-order valence-corrected chi connectivity index (χ0v) is 9.50. The zero-order chi connectivity index (χ0) is 10.4. The summed E-state index contributed by atoms with van der Waals surface area (Å²) in [6.07, 6.45) is 3.86. The normalized spacial score (nSPS) is 23.4. The first kappa shape index (κ1) is 12.0. The number of piperidine rings is 1. The Bertz CT molecular complexity index is 144. The van der Waals surface area contributed by atoms with Gasteiger partial charge in [0.25, 0.3) is 0 Å². The van der Waals surface area contributed by atoms with E-state index in [0.717, 1.165) is 6.54 Å². The van der Waals surface area contributed by atoms with Gasteiger partial charge in [0.05, 0.1) is 6.10 Å². The Kier molecular flexibility index (Phi) is 5.45.